The fourth-order valence-electron chi connectivity index (χ4n) is 1.55. The third-order valence-electron chi connectivity index (χ3n) is 3.04. The summed E-state index contributed by atoms with van der Waals surface area (Å²) in [5, 5.41) is 8.15. The zero-order valence-corrected chi connectivity index (χ0v) is 13.6. The lowest BCUT2D eigenvalue weighted by molar-refractivity contribution is 0.635. The number of rotatable bonds is 8. The molecule has 0 bridgehead atoms. The van der Waals surface area contributed by atoms with Crippen molar-refractivity contribution in [3.05, 3.63) is 18.5 Å². The highest BCUT2D eigenvalue weighted by molar-refractivity contribution is 7.99. The van der Waals surface area contributed by atoms with Crippen LogP contribution in [0.3, 0.4) is 0 Å². The van der Waals surface area contributed by atoms with Crippen molar-refractivity contribution in [2.75, 3.05) is 17.6 Å². The first kappa shape index (κ1) is 15.8. The lowest BCUT2D eigenvalue weighted by Crippen LogP contribution is -2.11. The van der Waals surface area contributed by atoms with Crippen molar-refractivity contribution in [2.24, 2.45) is 5.92 Å². The van der Waals surface area contributed by atoms with Crippen LogP contribution in [0.4, 0.5) is 5.95 Å². The summed E-state index contributed by atoms with van der Waals surface area (Å²) in [5.41, 5.74) is 0. The molecule has 0 spiro atoms. The van der Waals surface area contributed by atoms with Crippen LogP contribution in [0.2, 0.25) is 0 Å². The molecule has 0 fully saturated rings. The van der Waals surface area contributed by atoms with Crippen molar-refractivity contribution in [3.63, 3.8) is 0 Å². The van der Waals surface area contributed by atoms with Crippen LogP contribution < -0.4 is 5.32 Å². The minimum atomic E-state index is 0.556. The molecule has 6 nitrogen and oxygen atoms in total. The molecular formula is C14H22N6S. The number of nitrogens with zero attached hydrogens (tertiary/aromatic N) is 5. The van der Waals surface area contributed by atoms with E-state index >= 15 is 0 Å². The van der Waals surface area contributed by atoms with Gasteiger partial charge in [0.2, 0.25) is 5.95 Å². The summed E-state index contributed by atoms with van der Waals surface area (Å²) in [4.78, 5) is 13.4. The van der Waals surface area contributed by atoms with Gasteiger partial charge in [-0.05, 0) is 18.4 Å². The maximum atomic E-state index is 4.49. The summed E-state index contributed by atoms with van der Waals surface area (Å²) in [6.45, 7) is 7.39. The predicted octanol–water partition coefficient (Wildman–Crippen LogP) is 3.02. The molecule has 2 aromatic heterocycles. The zero-order valence-electron chi connectivity index (χ0n) is 12.8. The SMILES string of the molecule is CCCNc1nc(SCC(C)CC)nc(-n2cccn2)n1. The number of thioether (sulfide) groups is 1. The average molecular weight is 306 g/mol. The van der Waals surface area contributed by atoms with Gasteiger partial charge in [-0.15, -0.1) is 0 Å². The quantitative estimate of drug-likeness (QED) is 0.756. The first-order chi connectivity index (χ1) is 10.2. The summed E-state index contributed by atoms with van der Waals surface area (Å²) < 4.78 is 1.66. The second-order valence-electron chi connectivity index (χ2n) is 4.94. The molecule has 1 N–H and O–H groups in total. The van der Waals surface area contributed by atoms with E-state index in [1.165, 1.54) is 0 Å². The van der Waals surface area contributed by atoms with Crippen LogP contribution in [0, 0.1) is 5.92 Å². The number of nitrogens with one attached hydrogen (secondary N) is 1. The summed E-state index contributed by atoms with van der Waals surface area (Å²) in [5.74, 6) is 2.82. The Morgan fingerprint density at radius 1 is 1.29 bits per heavy atom. The average Bonchev–Trinajstić information content (AvgIpc) is 3.04. The third kappa shape index (κ3) is 4.70. The summed E-state index contributed by atoms with van der Waals surface area (Å²) in [6.07, 6.45) is 5.74. The molecule has 0 saturated heterocycles. The van der Waals surface area contributed by atoms with Gasteiger partial charge < -0.3 is 5.32 Å². The van der Waals surface area contributed by atoms with Gasteiger partial charge in [-0.2, -0.15) is 20.1 Å². The Morgan fingerprint density at radius 3 is 2.81 bits per heavy atom. The van der Waals surface area contributed by atoms with E-state index < -0.39 is 0 Å². The van der Waals surface area contributed by atoms with Gasteiger partial charge in [0.1, 0.15) is 0 Å². The van der Waals surface area contributed by atoms with Gasteiger partial charge in [0.05, 0.1) is 0 Å². The molecule has 0 aliphatic carbocycles. The van der Waals surface area contributed by atoms with E-state index in [0.717, 1.165) is 30.3 Å². The Bertz CT molecular complexity index is 542. The van der Waals surface area contributed by atoms with Crippen molar-refractivity contribution in [1.82, 2.24) is 24.7 Å². The fraction of sp³-hybridized carbons (Fsp3) is 0.571. The maximum Gasteiger partial charge on any atom is 0.256 e. The molecule has 0 amide bonds. The Hall–Kier alpha value is -1.63. The molecule has 114 valence electrons. The Labute approximate surface area is 129 Å². The van der Waals surface area contributed by atoms with Crippen molar-refractivity contribution in [2.45, 2.75) is 38.8 Å². The Kier molecular flexibility index (Phi) is 5.98. The molecule has 0 radical (unpaired) electrons. The maximum absolute atomic E-state index is 4.49. The van der Waals surface area contributed by atoms with Gasteiger partial charge >= 0.3 is 0 Å². The molecule has 2 heterocycles. The second kappa shape index (κ2) is 7.97. The molecule has 7 heteroatoms. The Balaban J connectivity index is 2.20. The minimum Gasteiger partial charge on any atom is -0.354 e. The van der Waals surface area contributed by atoms with Gasteiger partial charge in [0.15, 0.2) is 5.16 Å². The van der Waals surface area contributed by atoms with Gasteiger partial charge in [-0.1, -0.05) is 39.0 Å². The molecule has 1 atom stereocenters. The lowest BCUT2D eigenvalue weighted by atomic mass is 10.2. The van der Waals surface area contributed by atoms with Crippen molar-refractivity contribution >= 4 is 17.7 Å². The first-order valence-electron chi connectivity index (χ1n) is 7.35. The molecule has 0 saturated carbocycles. The van der Waals surface area contributed by atoms with E-state index in [2.05, 4.69) is 46.1 Å². The van der Waals surface area contributed by atoms with Crippen LogP contribution in [0.15, 0.2) is 23.6 Å². The number of aromatic nitrogens is 5. The fourth-order valence-corrected chi connectivity index (χ4v) is 2.52. The highest BCUT2D eigenvalue weighted by atomic mass is 32.2. The van der Waals surface area contributed by atoms with Gasteiger partial charge in [0.25, 0.3) is 5.95 Å². The van der Waals surface area contributed by atoms with Crippen LogP contribution in [-0.4, -0.2) is 37.0 Å². The van der Waals surface area contributed by atoms with Crippen LogP contribution in [0.25, 0.3) is 5.95 Å². The monoisotopic (exact) mass is 306 g/mol. The molecule has 0 aromatic carbocycles. The van der Waals surface area contributed by atoms with E-state index in [1.807, 2.05) is 12.3 Å². The lowest BCUT2D eigenvalue weighted by Gasteiger charge is -2.10. The highest BCUT2D eigenvalue weighted by Crippen LogP contribution is 2.20. The topological polar surface area (TPSA) is 68.5 Å². The van der Waals surface area contributed by atoms with E-state index in [4.69, 9.17) is 0 Å². The molecule has 21 heavy (non-hydrogen) atoms. The molecule has 2 aromatic rings. The summed E-state index contributed by atoms with van der Waals surface area (Å²) >= 11 is 1.67. The van der Waals surface area contributed by atoms with Crippen molar-refractivity contribution in [3.8, 4) is 5.95 Å². The molecule has 2 rings (SSSR count). The normalized spacial score (nSPS) is 12.3. The van der Waals surface area contributed by atoms with E-state index in [1.54, 1.807) is 22.6 Å². The summed E-state index contributed by atoms with van der Waals surface area (Å²) in [7, 11) is 0. The molecule has 0 aliphatic rings. The second-order valence-corrected chi connectivity index (χ2v) is 5.93. The molecule has 0 aliphatic heterocycles. The van der Waals surface area contributed by atoms with Crippen molar-refractivity contribution in [1.29, 1.82) is 0 Å². The number of anilines is 1. The van der Waals surface area contributed by atoms with E-state index in [0.29, 0.717) is 17.8 Å². The third-order valence-corrected chi connectivity index (χ3v) is 4.22. The van der Waals surface area contributed by atoms with Crippen LogP contribution in [0.1, 0.15) is 33.6 Å². The first-order valence-corrected chi connectivity index (χ1v) is 8.34. The zero-order chi connectivity index (χ0) is 15.1. The van der Waals surface area contributed by atoms with Gasteiger partial charge in [-0.3, -0.25) is 0 Å². The largest absolute Gasteiger partial charge is 0.354 e. The smallest absolute Gasteiger partial charge is 0.256 e. The molecule has 1 unspecified atom stereocenters. The highest BCUT2D eigenvalue weighted by Gasteiger charge is 2.10. The molecular weight excluding hydrogens is 284 g/mol. The number of hydrogen-bond donors (Lipinski definition) is 1. The van der Waals surface area contributed by atoms with E-state index in [-0.39, 0.29) is 0 Å². The number of hydrogen-bond acceptors (Lipinski definition) is 6. The van der Waals surface area contributed by atoms with Gasteiger partial charge in [0, 0.05) is 24.7 Å². The Morgan fingerprint density at radius 2 is 2.14 bits per heavy atom. The van der Waals surface area contributed by atoms with Crippen LogP contribution >= 0.6 is 11.8 Å². The van der Waals surface area contributed by atoms with Crippen LogP contribution in [0.5, 0.6) is 0 Å². The van der Waals surface area contributed by atoms with Gasteiger partial charge in [-0.25, -0.2) is 4.68 Å². The van der Waals surface area contributed by atoms with Crippen molar-refractivity contribution < 1.29 is 0 Å². The summed E-state index contributed by atoms with van der Waals surface area (Å²) in [6, 6.07) is 1.86. The standard InChI is InChI=1S/C14H22N6S/c1-4-7-15-12-17-13(20-9-6-8-16-20)19-14(18-12)21-10-11(3)5-2/h6,8-9,11H,4-5,7,10H2,1-3H3,(H,15,17,18,19). The minimum absolute atomic E-state index is 0.556. The van der Waals surface area contributed by atoms with E-state index in [9.17, 15) is 0 Å². The predicted molar refractivity (Wildman–Crippen MR) is 85.9 cm³/mol. The van der Waals surface area contributed by atoms with Crippen LogP contribution in [-0.2, 0) is 0 Å².